The van der Waals surface area contributed by atoms with E-state index in [2.05, 4.69) is 25.9 Å². The van der Waals surface area contributed by atoms with E-state index in [1.807, 2.05) is 19.9 Å². The van der Waals surface area contributed by atoms with Crippen LogP contribution in [0.25, 0.3) is 5.78 Å². The smallest absolute Gasteiger partial charge is 0.274 e. The SMILES string of the molecule is CC(=O)NNC(=O)c1nc2nc(C)cc(C)n2n1. The zero-order valence-corrected chi connectivity index (χ0v) is 10.2. The maximum atomic E-state index is 11.6. The van der Waals surface area contributed by atoms with Crippen LogP contribution >= 0.6 is 0 Å². The van der Waals surface area contributed by atoms with E-state index in [1.165, 1.54) is 11.4 Å². The van der Waals surface area contributed by atoms with Crippen LogP contribution in [-0.2, 0) is 4.79 Å². The second-order valence-corrected chi connectivity index (χ2v) is 3.82. The van der Waals surface area contributed by atoms with Gasteiger partial charge in [-0.2, -0.15) is 4.98 Å². The highest BCUT2D eigenvalue weighted by molar-refractivity contribution is 5.92. The molecule has 2 N–H and O–H groups in total. The molecule has 0 aliphatic heterocycles. The van der Waals surface area contributed by atoms with Crippen molar-refractivity contribution < 1.29 is 9.59 Å². The van der Waals surface area contributed by atoms with Crippen molar-refractivity contribution in [3.8, 4) is 0 Å². The highest BCUT2D eigenvalue weighted by Gasteiger charge is 2.14. The van der Waals surface area contributed by atoms with Gasteiger partial charge in [-0.1, -0.05) is 0 Å². The number of carbonyl (C=O) groups excluding carboxylic acids is 2. The molecule has 2 heterocycles. The molecule has 2 rings (SSSR count). The van der Waals surface area contributed by atoms with Crippen LogP contribution < -0.4 is 10.9 Å². The zero-order chi connectivity index (χ0) is 13.3. The molecule has 0 saturated carbocycles. The number of amides is 2. The molecule has 18 heavy (non-hydrogen) atoms. The molecule has 0 bridgehead atoms. The summed E-state index contributed by atoms with van der Waals surface area (Å²) in [6.07, 6.45) is 0. The van der Waals surface area contributed by atoms with Crippen LogP contribution in [0.5, 0.6) is 0 Å². The summed E-state index contributed by atoms with van der Waals surface area (Å²) in [5.74, 6) is -0.671. The first-order valence-corrected chi connectivity index (χ1v) is 5.25. The lowest BCUT2D eigenvalue weighted by molar-refractivity contribution is -0.119. The number of rotatable bonds is 1. The molecule has 0 atom stereocenters. The first-order valence-electron chi connectivity index (χ1n) is 5.25. The van der Waals surface area contributed by atoms with Gasteiger partial charge in [0.25, 0.3) is 5.78 Å². The lowest BCUT2D eigenvalue weighted by atomic mass is 10.4. The van der Waals surface area contributed by atoms with E-state index in [-0.39, 0.29) is 11.7 Å². The van der Waals surface area contributed by atoms with Gasteiger partial charge in [-0.15, -0.1) is 5.10 Å². The van der Waals surface area contributed by atoms with E-state index < -0.39 is 5.91 Å². The minimum atomic E-state index is -0.590. The van der Waals surface area contributed by atoms with Crippen LogP contribution in [-0.4, -0.2) is 31.4 Å². The van der Waals surface area contributed by atoms with Gasteiger partial charge in [-0.25, -0.2) is 9.50 Å². The van der Waals surface area contributed by atoms with Crippen molar-refractivity contribution in [3.63, 3.8) is 0 Å². The van der Waals surface area contributed by atoms with Crippen molar-refractivity contribution in [1.82, 2.24) is 30.4 Å². The fourth-order valence-corrected chi connectivity index (χ4v) is 1.46. The van der Waals surface area contributed by atoms with Gasteiger partial charge in [0, 0.05) is 18.3 Å². The molecule has 8 heteroatoms. The molecule has 0 aliphatic carbocycles. The van der Waals surface area contributed by atoms with Gasteiger partial charge in [0.1, 0.15) is 0 Å². The summed E-state index contributed by atoms with van der Waals surface area (Å²) in [4.78, 5) is 30.4. The van der Waals surface area contributed by atoms with Gasteiger partial charge in [0.15, 0.2) is 0 Å². The van der Waals surface area contributed by atoms with Gasteiger partial charge in [0.05, 0.1) is 0 Å². The van der Waals surface area contributed by atoms with Crippen LogP contribution in [0.4, 0.5) is 0 Å². The highest BCUT2D eigenvalue weighted by Crippen LogP contribution is 2.04. The lowest BCUT2D eigenvalue weighted by Crippen LogP contribution is -2.40. The predicted molar refractivity (Wildman–Crippen MR) is 61.5 cm³/mol. The standard InChI is InChI=1S/C10H12N6O2/c1-5-4-6(2)16-10(11-5)12-8(15-16)9(18)14-13-7(3)17/h4H,1-3H3,(H,13,17)(H,14,18). The van der Waals surface area contributed by atoms with E-state index >= 15 is 0 Å². The first kappa shape index (κ1) is 12.0. The van der Waals surface area contributed by atoms with Crippen LogP contribution in [0.3, 0.4) is 0 Å². The third-order valence-electron chi connectivity index (χ3n) is 2.17. The zero-order valence-electron chi connectivity index (χ0n) is 10.2. The van der Waals surface area contributed by atoms with Crippen molar-refractivity contribution in [2.24, 2.45) is 0 Å². The Balaban J connectivity index is 2.32. The maximum Gasteiger partial charge on any atom is 0.309 e. The van der Waals surface area contributed by atoms with Crippen molar-refractivity contribution >= 4 is 17.6 Å². The Morgan fingerprint density at radius 2 is 1.94 bits per heavy atom. The average Bonchev–Trinajstić information content (AvgIpc) is 2.69. The number of hydrogen-bond acceptors (Lipinski definition) is 5. The molecular weight excluding hydrogens is 236 g/mol. The van der Waals surface area contributed by atoms with E-state index in [9.17, 15) is 9.59 Å². The van der Waals surface area contributed by atoms with Crippen molar-refractivity contribution in [2.45, 2.75) is 20.8 Å². The average molecular weight is 248 g/mol. The van der Waals surface area contributed by atoms with Crippen molar-refractivity contribution in [2.75, 3.05) is 0 Å². The van der Waals surface area contributed by atoms with Gasteiger partial charge in [-0.3, -0.25) is 20.4 Å². The van der Waals surface area contributed by atoms with Crippen molar-refractivity contribution in [1.29, 1.82) is 0 Å². The molecule has 0 radical (unpaired) electrons. The maximum absolute atomic E-state index is 11.6. The largest absolute Gasteiger partial charge is 0.309 e. The number of carbonyl (C=O) groups is 2. The summed E-state index contributed by atoms with van der Waals surface area (Å²) in [5, 5.41) is 4.01. The summed E-state index contributed by atoms with van der Waals surface area (Å²) >= 11 is 0. The number of fused-ring (bicyclic) bond motifs is 1. The minimum absolute atomic E-state index is 0.0510. The molecule has 0 spiro atoms. The quantitative estimate of drug-likeness (QED) is 0.664. The van der Waals surface area contributed by atoms with Crippen LogP contribution in [0.15, 0.2) is 6.07 Å². The summed E-state index contributed by atoms with van der Waals surface area (Å²) in [5.41, 5.74) is 5.97. The number of nitrogens with zero attached hydrogens (tertiary/aromatic N) is 4. The third kappa shape index (κ3) is 2.26. The molecular formula is C10H12N6O2. The molecule has 8 nitrogen and oxygen atoms in total. The van der Waals surface area contributed by atoms with Crippen LogP contribution in [0.2, 0.25) is 0 Å². The molecule has 94 valence electrons. The summed E-state index contributed by atoms with van der Waals surface area (Å²) < 4.78 is 1.47. The topological polar surface area (TPSA) is 101 Å². The van der Waals surface area contributed by atoms with Gasteiger partial charge in [-0.05, 0) is 19.9 Å². The number of hydrazine groups is 1. The molecule has 2 amide bonds. The van der Waals surface area contributed by atoms with Crippen molar-refractivity contribution in [3.05, 3.63) is 23.3 Å². The third-order valence-corrected chi connectivity index (χ3v) is 2.17. The van der Waals surface area contributed by atoms with Gasteiger partial charge in [0.2, 0.25) is 11.7 Å². The first-order chi connectivity index (χ1) is 8.47. The van der Waals surface area contributed by atoms with Crippen LogP contribution in [0, 0.1) is 13.8 Å². The number of aromatic nitrogens is 4. The molecule has 0 saturated heterocycles. The second kappa shape index (κ2) is 4.40. The second-order valence-electron chi connectivity index (χ2n) is 3.82. The van der Waals surface area contributed by atoms with E-state index in [0.29, 0.717) is 5.78 Å². The molecule has 0 fully saturated rings. The number of aryl methyl sites for hydroxylation is 2. The van der Waals surface area contributed by atoms with Crippen LogP contribution in [0.1, 0.15) is 28.9 Å². The molecule has 0 aromatic carbocycles. The fraction of sp³-hybridized carbons (Fsp3) is 0.300. The molecule has 0 aliphatic rings. The fourth-order valence-electron chi connectivity index (χ4n) is 1.46. The summed E-state index contributed by atoms with van der Waals surface area (Å²) in [6.45, 7) is 4.96. The Kier molecular flexibility index (Phi) is 2.92. The monoisotopic (exact) mass is 248 g/mol. The lowest BCUT2D eigenvalue weighted by Gasteiger charge is -2.00. The van der Waals surface area contributed by atoms with Gasteiger partial charge < -0.3 is 0 Å². The Labute approximate surface area is 102 Å². The van der Waals surface area contributed by atoms with Gasteiger partial charge >= 0.3 is 5.91 Å². The minimum Gasteiger partial charge on any atom is -0.274 e. The normalized spacial score (nSPS) is 10.4. The van der Waals surface area contributed by atoms with E-state index in [4.69, 9.17) is 0 Å². The molecule has 2 aromatic heterocycles. The Bertz CT molecular complexity index is 633. The van der Waals surface area contributed by atoms with E-state index in [1.54, 1.807) is 0 Å². The Hall–Kier alpha value is -2.51. The molecule has 0 unspecified atom stereocenters. The highest BCUT2D eigenvalue weighted by atomic mass is 16.2. The summed E-state index contributed by atoms with van der Waals surface area (Å²) in [7, 11) is 0. The number of hydrogen-bond donors (Lipinski definition) is 2. The summed E-state index contributed by atoms with van der Waals surface area (Å²) in [6, 6.07) is 1.83. The van der Waals surface area contributed by atoms with E-state index in [0.717, 1.165) is 11.4 Å². The Morgan fingerprint density at radius 1 is 1.22 bits per heavy atom. The molecule has 2 aromatic rings. The Morgan fingerprint density at radius 3 is 2.61 bits per heavy atom. The number of nitrogens with one attached hydrogen (secondary N) is 2. The predicted octanol–water partition coefficient (Wildman–Crippen LogP) is -0.478.